The molecule has 5 heteroatoms. The number of nitrogens with one attached hydrogen (secondary N) is 1. The van der Waals surface area contributed by atoms with Gasteiger partial charge in [-0.25, -0.2) is 4.98 Å². The number of hydrogen-bond acceptors (Lipinski definition) is 4. The topological polar surface area (TPSA) is 68.0 Å². The fourth-order valence-corrected chi connectivity index (χ4v) is 3.77. The van der Waals surface area contributed by atoms with Gasteiger partial charge in [0.25, 0.3) is 0 Å². The monoisotopic (exact) mass is 309 g/mol. The summed E-state index contributed by atoms with van der Waals surface area (Å²) in [4.78, 5) is 16.5. The molecule has 0 bridgehead atoms. The lowest BCUT2D eigenvalue weighted by molar-refractivity contribution is -0.122. The molecule has 1 atom stereocenters. The molecule has 0 radical (unpaired) electrons. The van der Waals surface area contributed by atoms with E-state index in [1.165, 1.54) is 37.8 Å². The van der Waals surface area contributed by atoms with Crippen LogP contribution in [0.3, 0.4) is 0 Å². The van der Waals surface area contributed by atoms with Gasteiger partial charge < -0.3 is 11.1 Å². The first-order valence-corrected chi connectivity index (χ1v) is 9.06. The Labute approximate surface area is 131 Å². The zero-order chi connectivity index (χ0) is 15.1. The third-order valence-electron chi connectivity index (χ3n) is 4.17. The van der Waals surface area contributed by atoms with Gasteiger partial charge in [0.05, 0.1) is 16.7 Å². The Morgan fingerprint density at radius 2 is 2.24 bits per heavy atom. The highest BCUT2D eigenvalue weighted by Crippen LogP contribution is 2.33. The van der Waals surface area contributed by atoms with E-state index in [4.69, 9.17) is 10.7 Å². The zero-order valence-corrected chi connectivity index (χ0v) is 13.8. The first-order chi connectivity index (χ1) is 10.2. The minimum Gasteiger partial charge on any atom is -0.354 e. The number of nitrogens with two attached hydrogens (primary N) is 1. The minimum absolute atomic E-state index is 0.0408. The molecule has 118 valence electrons. The Morgan fingerprint density at radius 3 is 2.95 bits per heavy atom. The number of thiazole rings is 1. The summed E-state index contributed by atoms with van der Waals surface area (Å²) in [6.07, 6.45) is 9.10. The van der Waals surface area contributed by atoms with Gasteiger partial charge in [-0.15, -0.1) is 11.3 Å². The highest BCUT2D eigenvalue weighted by atomic mass is 32.1. The average Bonchev–Trinajstić information content (AvgIpc) is 2.97. The predicted octanol–water partition coefficient (Wildman–Crippen LogP) is 2.98. The van der Waals surface area contributed by atoms with Crippen LogP contribution in [0.25, 0.3) is 0 Å². The third kappa shape index (κ3) is 5.08. The number of aromatic nitrogens is 1. The van der Waals surface area contributed by atoms with Crippen molar-refractivity contribution in [2.45, 2.75) is 70.3 Å². The van der Waals surface area contributed by atoms with Crippen LogP contribution in [0.4, 0.5) is 0 Å². The molecule has 0 aliphatic heterocycles. The van der Waals surface area contributed by atoms with Crippen LogP contribution in [0.15, 0.2) is 5.38 Å². The Balaban J connectivity index is 1.74. The molecular formula is C16H27N3OS. The second-order valence-corrected chi connectivity index (χ2v) is 6.88. The maximum absolute atomic E-state index is 11.7. The predicted molar refractivity (Wildman–Crippen MR) is 87.5 cm³/mol. The van der Waals surface area contributed by atoms with Crippen molar-refractivity contribution >= 4 is 17.2 Å². The van der Waals surface area contributed by atoms with Crippen LogP contribution in [-0.2, 0) is 11.2 Å². The van der Waals surface area contributed by atoms with E-state index >= 15 is 0 Å². The lowest BCUT2D eigenvalue weighted by Gasteiger charge is -2.19. The molecule has 1 aromatic rings. The van der Waals surface area contributed by atoms with E-state index in [1.54, 1.807) is 11.3 Å². The first-order valence-electron chi connectivity index (χ1n) is 8.18. The molecule has 3 N–H and O–H groups in total. The van der Waals surface area contributed by atoms with Crippen LogP contribution >= 0.6 is 11.3 Å². The molecule has 1 unspecified atom stereocenters. The molecule has 0 saturated heterocycles. The van der Waals surface area contributed by atoms with E-state index in [0.29, 0.717) is 12.5 Å². The maximum Gasteiger partial charge on any atom is 0.236 e. The smallest absolute Gasteiger partial charge is 0.236 e. The minimum atomic E-state index is -0.371. The Kier molecular flexibility index (Phi) is 6.64. The Morgan fingerprint density at radius 1 is 1.48 bits per heavy atom. The van der Waals surface area contributed by atoms with Crippen molar-refractivity contribution in [1.82, 2.24) is 10.3 Å². The van der Waals surface area contributed by atoms with Crippen LogP contribution in [-0.4, -0.2) is 23.5 Å². The molecule has 0 aromatic carbocycles. The molecule has 1 amide bonds. The largest absolute Gasteiger partial charge is 0.354 e. The quantitative estimate of drug-likeness (QED) is 0.813. The highest BCUT2D eigenvalue weighted by Gasteiger charge is 2.18. The van der Waals surface area contributed by atoms with E-state index in [2.05, 4.69) is 10.7 Å². The van der Waals surface area contributed by atoms with Gasteiger partial charge in [0, 0.05) is 24.3 Å². The van der Waals surface area contributed by atoms with Crippen molar-refractivity contribution in [3.8, 4) is 0 Å². The summed E-state index contributed by atoms with van der Waals surface area (Å²) in [6, 6.07) is -0.371. The number of rotatable bonds is 7. The van der Waals surface area contributed by atoms with Crippen molar-refractivity contribution in [3.63, 3.8) is 0 Å². The first kappa shape index (κ1) is 16.4. The van der Waals surface area contributed by atoms with E-state index in [0.717, 1.165) is 24.3 Å². The molecule has 1 heterocycles. The molecule has 2 rings (SSSR count). The third-order valence-corrected chi connectivity index (χ3v) is 5.09. The van der Waals surface area contributed by atoms with E-state index < -0.39 is 0 Å². The summed E-state index contributed by atoms with van der Waals surface area (Å²) in [7, 11) is 0. The number of hydrogen-bond donors (Lipinski definition) is 2. The summed E-state index contributed by atoms with van der Waals surface area (Å²) in [5.74, 6) is 0.622. The normalized spacial score (nSPS) is 17.6. The summed E-state index contributed by atoms with van der Waals surface area (Å²) < 4.78 is 0. The maximum atomic E-state index is 11.7. The van der Waals surface area contributed by atoms with Gasteiger partial charge >= 0.3 is 0 Å². The van der Waals surface area contributed by atoms with Gasteiger partial charge in [-0.3, -0.25) is 4.79 Å². The van der Waals surface area contributed by atoms with Crippen molar-refractivity contribution in [2.24, 2.45) is 5.73 Å². The SMILES string of the molecule is CCCC(N)C(=O)NCCc1nc(C2CCCCC2)cs1. The Hall–Kier alpha value is -0.940. The van der Waals surface area contributed by atoms with Crippen LogP contribution in [0.5, 0.6) is 0 Å². The van der Waals surface area contributed by atoms with Crippen molar-refractivity contribution in [2.75, 3.05) is 6.54 Å². The van der Waals surface area contributed by atoms with Gasteiger partial charge in [0.2, 0.25) is 5.91 Å². The van der Waals surface area contributed by atoms with Gasteiger partial charge in [0.15, 0.2) is 0 Å². The molecule has 21 heavy (non-hydrogen) atoms. The summed E-state index contributed by atoms with van der Waals surface area (Å²) >= 11 is 1.72. The van der Waals surface area contributed by atoms with Gasteiger partial charge in [-0.1, -0.05) is 32.6 Å². The molecule has 1 aliphatic carbocycles. The van der Waals surface area contributed by atoms with E-state index in [9.17, 15) is 4.79 Å². The summed E-state index contributed by atoms with van der Waals surface area (Å²) in [5.41, 5.74) is 7.05. The van der Waals surface area contributed by atoms with Crippen LogP contribution in [0.1, 0.15) is 68.5 Å². The van der Waals surface area contributed by atoms with Crippen LogP contribution < -0.4 is 11.1 Å². The lowest BCUT2D eigenvalue weighted by atomic mass is 9.87. The number of nitrogens with zero attached hydrogens (tertiary/aromatic N) is 1. The molecule has 1 fully saturated rings. The highest BCUT2D eigenvalue weighted by molar-refractivity contribution is 7.09. The average molecular weight is 309 g/mol. The second kappa shape index (κ2) is 8.49. The molecule has 1 saturated carbocycles. The van der Waals surface area contributed by atoms with Crippen molar-refractivity contribution in [3.05, 3.63) is 16.1 Å². The van der Waals surface area contributed by atoms with Gasteiger partial charge in [0.1, 0.15) is 0 Å². The van der Waals surface area contributed by atoms with Crippen LogP contribution in [0.2, 0.25) is 0 Å². The fraction of sp³-hybridized carbons (Fsp3) is 0.750. The number of carbonyl (C=O) groups excluding carboxylic acids is 1. The Bertz CT molecular complexity index is 440. The van der Waals surface area contributed by atoms with E-state index in [1.807, 2.05) is 6.92 Å². The molecule has 0 spiro atoms. The number of carbonyl (C=O) groups is 1. The van der Waals surface area contributed by atoms with E-state index in [-0.39, 0.29) is 11.9 Å². The molecule has 4 nitrogen and oxygen atoms in total. The van der Waals surface area contributed by atoms with Crippen molar-refractivity contribution < 1.29 is 4.79 Å². The molecular weight excluding hydrogens is 282 g/mol. The lowest BCUT2D eigenvalue weighted by Crippen LogP contribution is -2.41. The van der Waals surface area contributed by atoms with Crippen LogP contribution in [0, 0.1) is 0 Å². The fourth-order valence-electron chi connectivity index (χ4n) is 2.89. The standard InChI is InChI=1S/C16H27N3OS/c1-2-6-13(17)16(20)18-10-9-15-19-14(11-21-15)12-7-4-3-5-8-12/h11-13H,2-10,17H2,1H3,(H,18,20). The molecule has 1 aliphatic rings. The van der Waals surface area contributed by atoms with Gasteiger partial charge in [-0.2, -0.15) is 0 Å². The van der Waals surface area contributed by atoms with Gasteiger partial charge in [-0.05, 0) is 19.3 Å². The summed E-state index contributed by atoms with van der Waals surface area (Å²) in [5, 5.41) is 6.24. The van der Waals surface area contributed by atoms with Crippen molar-refractivity contribution in [1.29, 1.82) is 0 Å². The zero-order valence-electron chi connectivity index (χ0n) is 12.9. The number of amides is 1. The summed E-state index contributed by atoms with van der Waals surface area (Å²) in [6.45, 7) is 2.67. The molecule has 1 aromatic heterocycles. The second-order valence-electron chi connectivity index (χ2n) is 5.94.